The van der Waals surface area contributed by atoms with E-state index in [0.717, 1.165) is 6.42 Å². The van der Waals surface area contributed by atoms with E-state index in [1.165, 1.54) is 6.42 Å². The van der Waals surface area contributed by atoms with Crippen LogP contribution in [0, 0.1) is 16.7 Å². The summed E-state index contributed by atoms with van der Waals surface area (Å²) in [5, 5.41) is 9.96. The zero-order chi connectivity index (χ0) is 9.15. The van der Waals surface area contributed by atoms with Gasteiger partial charge in [-0.05, 0) is 24.2 Å². The van der Waals surface area contributed by atoms with E-state index in [-0.39, 0.29) is 23.0 Å². The van der Waals surface area contributed by atoms with Gasteiger partial charge in [-0.15, -0.1) is 0 Å². The molecule has 2 bridgehead atoms. The lowest BCUT2D eigenvalue weighted by Crippen LogP contribution is -2.43. The van der Waals surface area contributed by atoms with Gasteiger partial charge in [0.05, 0.1) is 6.10 Å². The Bertz CT molecular complexity index is 214. The fraction of sp³-hybridized carbons (Fsp3) is 1.00. The van der Waals surface area contributed by atoms with Gasteiger partial charge in [0.1, 0.15) is 0 Å². The lowest BCUT2D eigenvalue weighted by molar-refractivity contribution is 0.00582. The predicted molar refractivity (Wildman–Crippen MR) is 48.6 cm³/mol. The number of rotatable bonds is 0. The molecule has 0 spiro atoms. The highest BCUT2D eigenvalue weighted by Crippen LogP contribution is 2.64. The van der Waals surface area contributed by atoms with Crippen LogP contribution in [0.15, 0.2) is 0 Å². The number of aliphatic hydroxyl groups excluding tert-OH is 1. The maximum atomic E-state index is 9.96. The topological polar surface area (TPSA) is 46.2 Å². The van der Waals surface area contributed by atoms with E-state index >= 15 is 0 Å². The summed E-state index contributed by atoms with van der Waals surface area (Å²) in [4.78, 5) is 0. The molecule has 2 heteroatoms. The molecule has 12 heavy (non-hydrogen) atoms. The normalized spacial score (nSPS) is 56.2. The molecular weight excluding hydrogens is 150 g/mol. The summed E-state index contributed by atoms with van der Waals surface area (Å²) < 4.78 is 0. The van der Waals surface area contributed by atoms with Gasteiger partial charge in [0.15, 0.2) is 0 Å². The van der Waals surface area contributed by atoms with Gasteiger partial charge in [0.25, 0.3) is 0 Å². The second-order valence-corrected chi connectivity index (χ2v) is 5.31. The first-order valence-corrected chi connectivity index (χ1v) is 4.85. The monoisotopic (exact) mass is 169 g/mol. The standard InChI is InChI=1S/C10H19NO/c1-9(2)6-4-5-10(9,3)8(12)7(6)11/h6-8,12H,4-5,11H2,1-3H3/t6?,7-,8-,10?/m0/s1. The van der Waals surface area contributed by atoms with E-state index in [4.69, 9.17) is 5.73 Å². The van der Waals surface area contributed by atoms with E-state index < -0.39 is 0 Å². The molecule has 2 nitrogen and oxygen atoms in total. The molecule has 4 atom stereocenters. The largest absolute Gasteiger partial charge is 0.391 e. The fourth-order valence-corrected chi connectivity index (χ4v) is 3.41. The quantitative estimate of drug-likeness (QED) is 0.571. The van der Waals surface area contributed by atoms with Crippen molar-refractivity contribution in [1.29, 1.82) is 0 Å². The van der Waals surface area contributed by atoms with Crippen molar-refractivity contribution in [3.05, 3.63) is 0 Å². The van der Waals surface area contributed by atoms with E-state index in [2.05, 4.69) is 20.8 Å². The van der Waals surface area contributed by atoms with Gasteiger partial charge in [-0.3, -0.25) is 0 Å². The Hall–Kier alpha value is -0.0800. The molecule has 0 aromatic heterocycles. The minimum atomic E-state index is -0.286. The maximum Gasteiger partial charge on any atom is 0.0752 e. The first-order valence-electron chi connectivity index (χ1n) is 4.85. The highest BCUT2D eigenvalue weighted by atomic mass is 16.3. The number of aliphatic hydroxyl groups is 1. The summed E-state index contributed by atoms with van der Waals surface area (Å²) in [6.07, 6.45) is 2.05. The Kier molecular flexibility index (Phi) is 1.45. The lowest BCUT2D eigenvalue weighted by atomic mass is 9.70. The van der Waals surface area contributed by atoms with Crippen LogP contribution in [-0.4, -0.2) is 17.3 Å². The molecule has 0 saturated heterocycles. The van der Waals surface area contributed by atoms with Gasteiger partial charge in [-0.25, -0.2) is 0 Å². The van der Waals surface area contributed by atoms with Gasteiger partial charge >= 0.3 is 0 Å². The maximum absolute atomic E-state index is 9.96. The number of fused-ring (bicyclic) bond motifs is 2. The van der Waals surface area contributed by atoms with Crippen LogP contribution in [0.25, 0.3) is 0 Å². The minimum Gasteiger partial charge on any atom is -0.391 e. The first kappa shape index (κ1) is 8.52. The smallest absolute Gasteiger partial charge is 0.0752 e. The van der Waals surface area contributed by atoms with E-state index in [1.807, 2.05) is 0 Å². The third kappa shape index (κ3) is 0.647. The van der Waals surface area contributed by atoms with Gasteiger partial charge in [-0.2, -0.15) is 0 Å². The molecule has 0 amide bonds. The van der Waals surface area contributed by atoms with Crippen molar-refractivity contribution in [3.63, 3.8) is 0 Å². The Morgan fingerprint density at radius 1 is 1.33 bits per heavy atom. The van der Waals surface area contributed by atoms with E-state index in [1.54, 1.807) is 0 Å². The first-order chi connectivity index (χ1) is 5.41. The van der Waals surface area contributed by atoms with Crippen LogP contribution in [0.3, 0.4) is 0 Å². The number of hydrogen-bond donors (Lipinski definition) is 2. The molecule has 70 valence electrons. The number of hydrogen-bond acceptors (Lipinski definition) is 2. The third-order valence-corrected chi connectivity index (χ3v) is 4.86. The van der Waals surface area contributed by atoms with Crippen molar-refractivity contribution >= 4 is 0 Å². The van der Waals surface area contributed by atoms with Crippen LogP contribution in [0.5, 0.6) is 0 Å². The zero-order valence-corrected chi connectivity index (χ0v) is 8.17. The molecule has 2 rings (SSSR count). The van der Waals surface area contributed by atoms with Crippen molar-refractivity contribution in [1.82, 2.24) is 0 Å². The van der Waals surface area contributed by atoms with Crippen LogP contribution in [0.2, 0.25) is 0 Å². The highest BCUT2D eigenvalue weighted by Gasteiger charge is 2.64. The van der Waals surface area contributed by atoms with Crippen LogP contribution < -0.4 is 5.73 Å². The van der Waals surface area contributed by atoms with Gasteiger partial charge in [0, 0.05) is 11.5 Å². The SMILES string of the molecule is CC1(C)C2CCC1(C)[C@@H](O)[C@H]2N. The van der Waals surface area contributed by atoms with E-state index in [0.29, 0.717) is 5.92 Å². The second-order valence-electron chi connectivity index (χ2n) is 5.31. The Balaban J connectivity index is 2.44. The lowest BCUT2D eigenvalue weighted by Gasteiger charge is -2.36. The van der Waals surface area contributed by atoms with E-state index in [9.17, 15) is 5.11 Å². The average Bonchev–Trinajstić information content (AvgIpc) is 2.26. The van der Waals surface area contributed by atoms with Gasteiger partial charge in [-0.1, -0.05) is 20.8 Å². The average molecular weight is 169 g/mol. The van der Waals surface area contributed by atoms with Crippen LogP contribution in [0.4, 0.5) is 0 Å². The summed E-state index contributed by atoms with van der Waals surface area (Å²) in [6, 6.07) is 0.0127. The molecule has 0 aromatic rings. The Labute approximate surface area is 74.1 Å². The van der Waals surface area contributed by atoms with Crippen LogP contribution in [0.1, 0.15) is 33.6 Å². The minimum absolute atomic E-state index is 0.0127. The number of nitrogens with two attached hydrogens (primary N) is 1. The fourth-order valence-electron chi connectivity index (χ4n) is 3.41. The summed E-state index contributed by atoms with van der Waals surface area (Å²) in [7, 11) is 0. The second kappa shape index (κ2) is 2.05. The van der Waals surface area contributed by atoms with Gasteiger partial charge < -0.3 is 10.8 Å². The molecule has 0 heterocycles. The molecule has 2 saturated carbocycles. The Morgan fingerprint density at radius 3 is 2.17 bits per heavy atom. The van der Waals surface area contributed by atoms with Gasteiger partial charge in [0.2, 0.25) is 0 Å². The molecule has 2 aliphatic carbocycles. The summed E-state index contributed by atoms with van der Waals surface area (Å²) in [5.41, 5.74) is 6.27. The van der Waals surface area contributed by atoms with Crippen LogP contribution in [-0.2, 0) is 0 Å². The molecule has 2 aliphatic rings. The predicted octanol–water partition coefficient (Wildman–Crippen LogP) is 1.13. The third-order valence-electron chi connectivity index (χ3n) is 4.86. The summed E-state index contributed by atoms with van der Waals surface area (Å²) in [5.74, 6) is 0.525. The molecular formula is C10H19NO. The molecule has 2 unspecified atom stereocenters. The molecule has 2 fully saturated rings. The molecule has 3 N–H and O–H groups in total. The van der Waals surface area contributed by atoms with Crippen LogP contribution >= 0.6 is 0 Å². The van der Waals surface area contributed by atoms with Crippen molar-refractivity contribution in [3.8, 4) is 0 Å². The summed E-state index contributed by atoms with van der Waals surface area (Å²) >= 11 is 0. The zero-order valence-electron chi connectivity index (χ0n) is 8.17. The van der Waals surface area contributed by atoms with Crippen molar-refractivity contribution in [2.24, 2.45) is 22.5 Å². The Morgan fingerprint density at radius 2 is 1.92 bits per heavy atom. The van der Waals surface area contributed by atoms with Crippen molar-refractivity contribution in [2.75, 3.05) is 0 Å². The molecule has 0 radical (unpaired) electrons. The molecule has 0 aromatic carbocycles. The highest BCUT2D eigenvalue weighted by molar-refractivity contribution is 5.16. The summed E-state index contributed by atoms with van der Waals surface area (Å²) in [6.45, 7) is 6.69. The van der Waals surface area contributed by atoms with Crippen molar-refractivity contribution < 1.29 is 5.11 Å². The van der Waals surface area contributed by atoms with Crippen molar-refractivity contribution in [2.45, 2.75) is 45.8 Å². The molecule has 0 aliphatic heterocycles.